The van der Waals surface area contributed by atoms with Gasteiger partial charge >= 0.3 is 0 Å². The molecule has 0 aliphatic carbocycles. The predicted octanol–water partition coefficient (Wildman–Crippen LogP) is -0.954. The minimum atomic E-state index is -1.50. The van der Waals surface area contributed by atoms with Gasteiger partial charge in [0.15, 0.2) is 0 Å². The summed E-state index contributed by atoms with van der Waals surface area (Å²) in [5.41, 5.74) is 0. The van der Waals surface area contributed by atoms with Crippen molar-refractivity contribution < 1.29 is 41.2 Å². The third kappa shape index (κ3) is 300. The first kappa shape index (κ1) is 44.4. The lowest BCUT2D eigenvalue weighted by atomic mass is 13.1. The van der Waals surface area contributed by atoms with Crippen LogP contribution < -0.4 is 12.3 Å². The van der Waals surface area contributed by atoms with Gasteiger partial charge in [-0.2, -0.15) is 13.5 Å². The molecule has 0 fully saturated rings. The molecule has 19 heavy (non-hydrogen) atoms. The molecule has 10 N–H and O–H groups in total. The fourth-order valence-electron chi connectivity index (χ4n) is 0. The van der Waals surface area contributed by atoms with E-state index in [1.165, 1.54) is 0 Å². The molecule has 0 radical (unpaired) electrons. The van der Waals surface area contributed by atoms with E-state index >= 15 is 0 Å². The molecule has 0 aromatic heterocycles. The zero-order valence-corrected chi connectivity index (χ0v) is 9.76. The summed E-state index contributed by atoms with van der Waals surface area (Å²) in [6.45, 7) is 0. The van der Waals surface area contributed by atoms with Crippen LogP contribution >= 0.6 is 13.5 Å². The van der Waals surface area contributed by atoms with E-state index in [1.54, 1.807) is 0 Å². The number of rotatable bonds is 0. The molecule has 0 aliphatic rings. The van der Waals surface area contributed by atoms with Crippen molar-refractivity contribution in [2.75, 3.05) is 0 Å². The summed E-state index contributed by atoms with van der Waals surface area (Å²) < 4.78 is 0. The van der Waals surface area contributed by atoms with Crippen molar-refractivity contribution in [3.8, 4) is 0 Å². The number of nitrogens with zero attached hydrogens (tertiary/aromatic N) is 4. The average molecular weight is 320 g/mol. The van der Waals surface area contributed by atoms with Crippen LogP contribution in [0.25, 0.3) is 0 Å². The van der Waals surface area contributed by atoms with Crippen molar-refractivity contribution in [3.05, 3.63) is 40.5 Å². The van der Waals surface area contributed by atoms with Crippen LogP contribution in [-0.4, -0.2) is 41.2 Å². The molecule has 0 aliphatic heterocycles. The van der Waals surface area contributed by atoms with Crippen LogP contribution in [0.4, 0.5) is 0 Å². The molecule has 0 saturated carbocycles. The Balaban J connectivity index is -0.0000000192. The Labute approximate surface area is 108 Å². The summed E-state index contributed by atoms with van der Waals surface area (Å²) in [6, 6.07) is 0. The van der Waals surface area contributed by atoms with E-state index in [2.05, 4.69) is 0 Å². The van der Waals surface area contributed by atoms with E-state index < -0.39 is 20.3 Å². The van der Waals surface area contributed by atoms with Crippen LogP contribution in [0.5, 0.6) is 0 Å². The Bertz CT molecular complexity index is 162. The molecule has 0 bridgehead atoms. The van der Waals surface area contributed by atoms with E-state index in [-0.39, 0.29) is 25.8 Å². The first-order valence-corrected chi connectivity index (χ1v) is 2.26. The zero-order valence-electron chi connectivity index (χ0n) is 8.76. The Morgan fingerprint density at radius 3 is 0.526 bits per heavy atom. The van der Waals surface area contributed by atoms with Gasteiger partial charge in [0, 0.05) is 0 Å². The molecule has 0 aromatic rings. The van der Waals surface area contributed by atoms with Crippen molar-refractivity contribution in [2.45, 2.75) is 0 Å². The standard InChI is InChI=1S/4HNO3.2H3N.H2S/c4*2-1(3)4;;;/h4*(H,2,3,4);2*1H3;1H2. The maximum Gasteiger partial charge on any atom is 0.291 e. The molecule has 0 atom stereocenters. The highest BCUT2D eigenvalue weighted by atomic mass is 32.1. The Morgan fingerprint density at radius 2 is 0.526 bits per heavy atom. The minimum absolute atomic E-state index is 0. The van der Waals surface area contributed by atoms with Crippen LogP contribution in [0.1, 0.15) is 0 Å². The second-order valence-corrected chi connectivity index (χ2v) is 0.951. The minimum Gasteiger partial charge on any atom is -0.344 e. The van der Waals surface area contributed by atoms with Crippen molar-refractivity contribution in [2.24, 2.45) is 0 Å². The van der Waals surface area contributed by atoms with Crippen LogP contribution in [0.15, 0.2) is 0 Å². The highest BCUT2D eigenvalue weighted by Gasteiger charge is 1.66. The average Bonchev–Trinajstić information content (AvgIpc) is 1.76. The highest BCUT2D eigenvalue weighted by molar-refractivity contribution is 7.59. The van der Waals surface area contributed by atoms with E-state index in [0.717, 1.165) is 0 Å². The van der Waals surface area contributed by atoms with Crippen molar-refractivity contribution >= 4 is 13.5 Å². The fourth-order valence-corrected chi connectivity index (χ4v) is 0. The molecule has 0 saturated heterocycles. The molecule has 0 rings (SSSR count). The fraction of sp³-hybridized carbons (Fsp3) is 0. The second-order valence-electron chi connectivity index (χ2n) is 0.951. The number of hydrogen-bond donors (Lipinski definition) is 6. The first-order valence-electron chi connectivity index (χ1n) is 2.26. The summed E-state index contributed by atoms with van der Waals surface area (Å²) in [7, 11) is 0. The molecule has 0 heterocycles. The molecule has 0 spiro atoms. The Kier molecular flexibility index (Phi) is 84.7. The van der Waals surface area contributed by atoms with Crippen molar-refractivity contribution in [1.29, 1.82) is 0 Å². The normalized spacial score (nSPS) is 5.05. The van der Waals surface area contributed by atoms with Gasteiger partial charge < -0.3 is 33.1 Å². The Morgan fingerprint density at radius 1 is 0.526 bits per heavy atom. The largest absolute Gasteiger partial charge is 0.344 e. The monoisotopic (exact) mass is 320 g/mol. The van der Waals surface area contributed by atoms with Gasteiger partial charge in [-0.05, 0) is 0 Å². The molecule has 120 valence electrons. The van der Waals surface area contributed by atoms with Crippen LogP contribution in [0.2, 0.25) is 0 Å². The molecule has 0 unspecified atom stereocenters. The quantitative estimate of drug-likeness (QED) is 0.231. The van der Waals surface area contributed by atoms with E-state index in [4.69, 9.17) is 61.3 Å². The summed E-state index contributed by atoms with van der Waals surface area (Å²) in [4.78, 5) is 33.4. The summed E-state index contributed by atoms with van der Waals surface area (Å²) >= 11 is 0. The van der Waals surface area contributed by atoms with E-state index in [1.807, 2.05) is 0 Å². The van der Waals surface area contributed by atoms with Gasteiger partial charge in [-0.15, -0.1) is 40.5 Å². The topological polar surface area (TPSA) is 323 Å². The van der Waals surface area contributed by atoms with E-state index in [0.29, 0.717) is 0 Å². The lowest BCUT2D eigenvalue weighted by Gasteiger charge is -1.56. The van der Waals surface area contributed by atoms with Gasteiger partial charge in [-0.1, -0.05) is 0 Å². The smallest absolute Gasteiger partial charge is 0.291 e. The third-order valence-electron chi connectivity index (χ3n) is 0. The zero-order chi connectivity index (χ0) is 14.3. The van der Waals surface area contributed by atoms with Gasteiger partial charge in [-0.25, -0.2) is 0 Å². The van der Waals surface area contributed by atoms with Crippen molar-refractivity contribution in [1.82, 2.24) is 12.3 Å². The maximum absolute atomic E-state index is 8.36. The third-order valence-corrected chi connectivity index (χ3v) is 0. The van der Waals surface area contributed by atoms with Gasteiger partial charge in [0.1, 0.15) is 0 Å². The SMILES string of the molecule is N.N.O=[N+]([O-])O.O=[N+]([O-])O.O=[N+]([O-])O.O=[N+]([O-])O.S. The molecule has 0 aromatic carbocycles. The predicted molar refractivity (Wildman–Crippen MR) is 55.5 cm³/mol. The van der Waals surface area contributed by atoms with Crippen molar-refractivity contribution in [3.63, 3.8) is 0 Å². The molecule has 0 amide bonds. The van der Waals surface area contributed by atoms with Gasteiger partial charge in [0.25, 0.3) is 20.3 Å². The first-order chi connectivity index (χ1) is 6.93. The maximum atomic E-state index is 8.36. The summed E-state index contributed by atoms with van der Waals surface area (Å²) in [5, 5.41) is 54.6. The lowest BCUT2D eigenvalue weighted by Crippen LogP contribution is -1.81. The molecular weight excluding hydrogens is 308 g/mol. The van der Waals surface area contributed by atoms with Gasteiger partial charge in [0.05, 0.1) is 0 Å². The van der Waals surface area contributed by atoms with Crippen LogP contribution in [0.3, 0.4) is 0 Å². The summed E-state index contributed by atoms with van der Waals surface area (Å²) in [5.74, 6) is 0. The molecule has 18 nitrogen and oxygen atoms in total. The van der Waals surface area contributed by atoms with Crippen LogP contribution in [0, 0.1) is 40.5 Å². The van der Waals surface area contributed by atoms with Crippen LogP contribution in [-0.2, 0) is 0 Å². The second kappa shape index (κ2) is 36.3. The molecular formula is H12N6O12S. The van der Waals surface area contributed by atoms with Gasteiger partial charge in [-0.3, -0.25) is 0 Å². The van der Waals surface area contributed by atoms with E-state index in [9.17, 15) is 0 Å². The lowest BCUT2D eigenvalue weighted by molar-refractivity contribution is -0.742. The summed E-state index contributed by atoms with van der Waals surface area (Å²) in [6.07, 6.45) is 0. The molecule has 19 heteroatoms. The van der Waals surface area contributed by atoms with Gasteiger partial charge in [0.2, 0.25) is 0 Å². The number of hydrogen-bond acceptors (Lipinski definition) is 10. The highest BCUT2D eigenvalue weighted by Crippen LogP contribution is 1.39. The Hall–Kier alpha value is -2.93.